The summed E-state index contributed by atoms with van der Waals surface area (Å²) >= 11 is 1.75. The van der Waals surface area contributed by atoms with Crippen molar-refractivity contribution in [2.24, 2.45) is 0 Å². The Morgan fingerprint density at radius 3 is 2.90 bits per heavy atom. The molecule has 0 bridgehead atoms. The van der Waals surface area contributed by atoms with Gasteiger partial charge in [-0.25, -0.2) is 0 Å². The summed E-state index contributed by atoms with van der Waals surface area (Å²) in [4.78, 5) is 0. The van der Waals surface area contributed by atoms with Crippen molar-refractivity contribution < 1.29 is 4.74 Å². The Morgan fingerprint density at radius 1 is 1.30 bits per heavy atom. The van der Waals surface area contributed by atoms with Crippen LogP contribution in [0.1, 0.15) is 36.9 Å². The SMILES string of the molecule is CCCNC(CCOc1cccc(C)c1)c1ccsc1. The van der Waals surface area contributed by atoms with Crippen LogP contribution < -0.4 is 10.1 Å². The molecule has 2 nitrogen and oxygen atoms in total. The second-order valence-electron chi connectivity index (χ2n) is 5.02. The summed E-state index contributed by atoms with van der Waals surface area (Å²) < 4.78 is 5.86. The van der Waals surface area contributed by atoms with E-state index in [1.54, 1.807) is 11.3 Å². The van der Waals surface area contributed by atoms with E-state index in [1.165, 1.54) is 11.1 Å². The number of hydrogen-bond acceptors (Lipinski definition) is 3. The van der Waals surface area contributed by atoms with Crippen molar-refractivity contribution in [3.8, 4) is 5.75 Å². The number of benzene rings is 1. The zero-order chi connectivity index (χ0) is 14.2. The van der Waals surface area contributed by atoms with Gasteiger partial charge in [-0.3, -0.25) is 0 Å². The Hall–Kier alpha value is -1.32. The summed E-state index contributed by atoms with van der Waals surface area (Å²) in [7, 11) is 0. The molecule has 1 aromatic heterocycles. The zero-order valence-corrected chi connectivity index (χ0v) is 13.1. The molecule has 0 aliphatic heterocycles. The van der Waals surface area contributed by atoms with E-state index in [1.807, 2.05) is 12.1 Å². The Bertz CT molecular complexity index is 495. The molecule has 0 saturated heterocycles. The third-order valence-corrected chi connectivity index (χ3v) is 3.95. The highest BCUT2D eigenvalue weighted by atomic mass is 32.1. The van der Waals surface area contributed by atoms with Crippen LogP contribution in [-0.4, -0.2) is 13.2 Å². The van der Waals surface area contributed by atoms with Gasteiger partial charge in [-0.2, -0.15) is 11.3 Å². The fourth-order valence-corrected chi connectivity index (χ4v) is 2.89. The van der Waals surface area contributed by atoms with Gasteiger partial charge in [0.1, 0.15) is 5.75 Å². The molecule has 0 amide bonds. The summed E-state index contributed by atoms with van der Waals surface area (Å²) in [5.74, 6) is 0.963. The Labute approximate surface area is 125 Å². The van der Waals surface area contributed by atoms with Crippen LogP contribution in [0.3, 0.4) is 0 Å². The van der Waals surface area contributed by atoms with E-state index < -0.39 is 0 Å². The first kappa shape index (κ1) is 15.1. The number of thiophene rings is 1. The van der Waals surface area contributed by atoms with Crippen molar-refractivity contribution in [1.82, 2.24) is 5.32 Å². The van der Waals surface area contributed by atoms with Crippen molar-refractivity contribution in [2.75, 3.05) is 13.2 Å². The zero-order valence-electron chi connectivity index (χ0n) is 12.3. The molecule has 0 saturated carbocycles. The summed E-state index contributed by atoms with van der Waals surface area (Å²) in [6.07, 6.45) is 2.14. The lowest BCUT2D eigenvalue weighted by molar-refractivity contribution is 0.286. The molecule has 2 rings (SSSR count). The minimum absolute atomic E-state index is 0.394. The molecule has 20 heavy (non-hydrogen) atoms. The highest BCUT2D eigenvalue weighted by Crippen LogP contribution is 2.20. The fourth-order valence-electron chi connectivity index (χ4n) is 2.18. The number of rotatable bonds is 8. The van der Waals surface area contributed by atoms with Crippen molar-refractivity contribution in [1.29, 1.82) is 0 Å². The van der Waals surface area contributed by atoms with Crippen molar-refractivity contribution >= 4 is 11.3 Å². The maximum absolute atomic E-state index is 5.86. The molecule has 2 aromatic rings. The molecule has 1 aromatic carbocycles. The van der Waals surface area contributed by atoms with Crippen LogP contribution in [0.25, 0.3) is 0 Å². The standard InChI is InChI=1S/C17H23NOS/c1-3-9-18-17(15-8-11-20-13-15)7-10-19-16-6-4-5-14(2)12-16/h4-6,8,11-13,17-18H,3,7,9-10H2,1-2H3. The molecule has 1 N–H and O–H groups in total. The van der Waals surface area contributed by atoms with Crippen molar-refractivity contribution in [3.63, 3.8) is 0 Å². The second-order valence-corrected chi connectivity index (χ2v) is 5.80. The highest BCUT2D eigenvalue weighted by Gasteiger charge is 2.11. The summed E-state index contributed by atoms with van der Waals surface area (Å²) in [5.41, 5.74) is 2.61. The van der Waals surface area contributed by atoms with Crippen LogP contribution in [0.15, 0.2) is 41.1 Å². The van der Waals surface area contributed by atoms with E-state index >= 15 is 0 Å². The second kappa shape index (κ2) is 8.08. The van der Waals surface area contributed by atoms with Gasteiger partial charge in [0.05, 0.1) is 6.61 Å². The number of ether oxygens (including phenoxy) is 1. The summed E-state index contributed by atoms with van der Waals surface area (Å²) in [6.45, 7) is 6.07. The minimum Gasteiger partial charge on any atom is -0.494 e. The first-order chi connectivity index (χ1) is 9.79. The van der Waals surface area contributed by atoms with Crippen LogP contribution in [0.5, 0.6) is 5.75 Å². The normalized spacial score (nSPS) is 12.3. The quantitative estimate of drug-likeness (QED) is 0.769. The van der Waals surface area contributed by atoms with E-state index in [0.717, 1.165) is 31.7 Å². The lowest BCUT2D eigenvalue weighted by Crippen LogP contribution is -2.23. The van der Waals surface area contributed by atoms with Crippen LogP contribution in [0.2, 0.25) is 0 Å². The molecule has 0 aliphatic rings. The molecular formula is C17H23NOS. The summed E-state index contributed by atoms with van der Waals surface area (Å²) in [6, 6.07) is 10.8. The van der Waals surface area contributed by atoms with E-state index in [-0.39, 0.29) is 0 Å². The Morgan fingerprint density at radius 2 is 2.20 bits per heavy atom. The highest BCUT2D eigenvalue weighted by molar-refractivity contribution is 7.07. The van der Waals surface area contributed by atoms with Gasteiger partial charge >= 0.3 is 0 Å². The minimum atomic E-state index is 0.394. The fraction of sp³-hybridized carbons (Fsp3) is 0.412. The maximum Gasteiger partial charge on any atom is 0.119 e. The lowest BCUT2D eigenvalue weighted by atomic mass is 10.1. The average Bonchev–Trinajstić information content (AvgIpc) is 2.96. The topological polar surface area (TPSA) is 21.3 Å². The number of hydrogen-bond donors (Lipinski definition) is 1. The van der Waals surface area contributed by atoms with Crippen molar-refractivity contribution in [3.05, 3.63) is 52.2 Å². The van der Waals surface area contributed by atoms with Gasteiger partial charge in [0.25, 0.3) is 0 Å². The lowest BCUT2D eigenvalue weighted by Gasteiger charge is -2.18. The van der Waals surface area contributed by atoms with Crippen LogP contribution >= 0.6 is 11.3 Å². The van der Waals surface area contributed by atoms with Gasteiger partial charge in [-0.15, -0.1) is 0 Å². The van der Waals surface area contributed by atoms with E-state index in [9.17, 15) is 0 Å². The molecule has 0 radical (unpaired) electrons. The predicted molar refractivity (Wildman–Crippen MR) is 86.6 cm³/mol. The largest absolute Gasteiger partial charge is 0.494 e. The molecule has 1 heterocycles. The Kier molecular flexibility index (Phi) is 6.09. The van der Waals surface area contributed by atoms with E-state index in [0.29, 0.717) is 6.04 Å². The first-order valence-electron chi connectivity index (χ1n) is 7.24. The smallest absolute Gasteiger partial charge is 0.119 e. The molecular weight excluding hydrogens is 266 g/mol. The van der Waals surface area contributed by atoms with Gasteiger partial charge in [0.15, 0.2) is 0 Å². The monoisotopic (exact) mass is 289 g/mol. The molecule has 0 fully saturated rings. The van der Waals surface area contributed by atoms with Gasteiger partial charge in [-0.05, 0) is 60.0 Å². The maximum atomic E-state index is 5.86. The molecule has 0 aliphatic carbocycles. The van der Waals surface area contributed by atoms with E-state index in [2.05, 4.69) is 48.1 Å². The predicted octanol–water partition coefficient (Wildman–Crippen LogP) is 4.57. The molecule has 1 unspecified atom stereocenters. The third kappa shape index (κ3) is 4.66. The molecule has 0 spiro atoms. The Balaban J connectivity index is 1.85. The van der Waals surface area contributed by atoms with Crippen LogP contribution in [-0.2, 0) is 0 Å². The van der Waals surface area contributed by atoms with Gasteiger partial charge in [0, 0.05) is 12.5 Å². The first-order valence-corrected chi connectivity index (χ1v) is 8.19. The third-order valence-electron chi connectivity index (χ3n) is 3.25. The summed E-state index contributed by atoms with van der Waals surface area (Å²) in [5, 5.41) is 7.95. The number of nitrogens with one attached hydrogen (secondary N) is 1. The van der Waals surface area contributed by atoms with E-state index in [4.69, 9.17) is 4.74 Å². The molecule has 1 atom stereocenters. The van der Waals surface area contributed by atoms with Gasteiger partial charge in [0.2, 0.25) is 0 Å². The van der Waals surface area contributed by atoms with Crippen LogP contribution in [0.4, 0.5) is 0 Å². The van der Waals surface area contributed by atoms with Crippen molar-refractivity contribution in [2.45, 2.75) is 32.7 Å². The van der Waals surface area contributed by atoms with Crippen LogP contribution in [0, 0.1) is 6.92 Å². The average molecular weight is 289 g/mol. The molecule has 3 heteroatoms. The molecule has 108 valence electrons. The number of aryl methyl sites for hydroxylation is 1. The van der Waals surface area contributed by atoms with Gasteiger partial charge in [-0.1, -0.05) is 19.1 Å². The van der Waals surface area contributed by atoms with Gasteiger partial charge < -0.3 is 10.1 Å².